The zero-order valence-corrected chi connectivity index (χ0v) is 13.8. The van der Waals surface area contributed by atoms with Crippen LogP contribution in [-0.4, -0.2) is 24.2 Å². The lowest BCUT2D eigenvalue weighted by atomic mass is 10.2. The minimum atomic E-state index is 0.117. The fourth-order valence-electron chi connectivity index (χ4n) is 2.29. The van der Waals surface area contributed by atoms with Crippen LogP contribution in [0.1, 0.15) is 5.56 Å². The third-order valence-electron chi connectivity index (χ3n) is 3.45. The molecule has 0 amide bonds. The summed E-state index contributed by atoms with van der Waals surface area (Å²) in [7, 11) is 3.12. The van der Waals surface area contributed by atoms with Gasteiger partial charge in [-0.05, 0) is 41.9 Å². The number of nitriles is 1. The predicted molar refractivity (Wildman–Crippen MR) is 92.1 cm³/mol. The standard InChI is InChI=1S/C17H13ClN4O2/c1-23-14-7-12-13(8-15(14)24-2)21-17(18)22-16(12)20-11-5-3-10(9-19)4-6-11/h3-8H,1-2H3,(H,20,21,22). The normalized spacial score (nSPS) is 10.2. The molecule has 3 aromatic rings. The minimum Gasteiger partial charge on any atom is -0.493 e. The number of methoxy groups -OCH3 is 2. The quantitative estimate of drug-likeness (QED) is 0.725. The van der Waals surface area contributed by atoms with Crippen LogP contribution in [0.15, 0.2) is 36.4 Å². The van der Waals surface area contributed by atoms with Gasteiger partial charge in [0.1, 0.15) is 5.82 Å². The summed E-state index contributed by atoms with van der Waals surface area (Å²) in [5.41, 5.74) is 1.99. The van der Waals surface area contributed by atoms with Crippen molar-refractivity contribution in [1.82, 2.24) is 9.97 Å². The summed E-state index contributed by atoms with van der Waals surface area (Å²) in [6.45, 7) is 0. The van der Waals surface area contributed by atoms with Gasteiger partial charge in [0.2, 0.25) is 5.28 Å². The van der Waals surface area contributed by atoms with Crippen LogP contribution in [0, 0.1) is 11.3 Å². The van der Waals surface area contributed by atoms with Gasteiger partial charge in [0, 0.05) is 17.1 Å². The van der Waals surface area contributed by atoms with Crippen LogP contribution in [0.25, 0.3) is 10.9 Å². The maximum Gasteiger partial charge on any atom is 0.224 e. The van der Waals surface area contributed by atoms with Crippen molar-refractivity contribution in [2.24, 2.45) is 0 Å². The van der Waals surface area contributed by atoms with Gasteiger partial charge in [-0.15, -0.1) is 0 Å². The zero-order valence-electron chi connectivity index (χ0n) is 13.0. The van der Waals surface area contributed by atoms with Crippen molar-refractivity contribution in [2.45, 2.75) is 0 Å². The highest BCUT2D eigenvalue weighted by molar-refractivity contribution is 6.28. The van der Waals surface area contributed by atoms with Gasteiger partial charge in [0.25, 0.3) is 0 Å². The molecule has 0 aliphatic heterocycles. The number of nitrogens with one attached hydrogen (secondary N) is 1. The van der Waals surface area contributed by atoms with Crippen molar-refractivity contribution >= 4 is 34.0 Å². The van der Waals surface area contributed by atoms with Crippen LogP contribution >= 0.6 is 11.6 Å². The number of rotatable bonds is 4. The Morgan fingerprint density at radius 3 is 2.33 bits per heavy atom. The predicted octanol–water partition coefficient (Wildman–Crippen LogP) is 3.92. The first kappa shape index (κ1) is 15.8. The van der Waals surface area contributed by atoms with Crippen molar-refractivity contribution < 1.29 is 9.47 Å². The van der Waals surface area contributed by atoms with Gasteiger partial charge in [-0.25, -0.2) is 4.98 Å². The lowest BCUT2D eigenvalue weighted by Gasteiger charge is -2.12. The lowest BCUT2D eigenvalue weighted by Crippen LogP contribution is -1.99. The SMILES string of the molecule is COc1cc2nc(Cl)nc(Nc3ccc(C#N)cc3)c2cc1OC. The summed E-state index contributed by atoms with van der Waals surface area (Å²) < 4.78 is 10.6. The number of hydrogen-bond donors (Lipinski definition) is 1. The van der Waals surface area contributed by atoms with E-state index in [1.54, 1.807) is 50.6 Å². The molecule has 0 radical (unpaired) electrons. The van der Waals surface area contributed by atoms with Gasteiger partial charge < -0.3 is 14.8 Å². The second-order valence-corrected chi connectivity index (χ2v) is 5.22. The molecule has 2 aromatic carbocycles. The number of fused-ring (bicyclic) bond motifs is 1. The van der Waals surface area contributed by atoms with Gasteiger partial charge in [0.05, 0.1) is 31.4 Å². The molecular formula is C17H13ClN4O2. The van der Waals surface area contributed by atoms with Crippen molar-refractivity contribution in [3.63, 3.8) is 0 Å². The monoisotopic (exact) mass is 340 g/mol. The maximum absolute atomic E-state index is 8.87. The van der Waals surface area contributed by atoms with Crippen LogP contribution in [0.4, 0.5) is 11.5 Å². The van der Waals surface area contributed by atoms with Crippen LogP contribution in [0.5, 0.6) is 11.5 Å². The number of halogens is 1. The Morgan fingerprint density at radius 1 is 1.04 bits per heavy atom. The minimum absolute atomic E-state index is 0.117. The molecule has 0 bridgehead atoms. The van der Waals surface area contributed by atoms with Crippen LogP contribution < -0.4 is 14.8 Å². The second kappa shape index (κ2) is 6.60. The molecule has 0 spiro atoms. The second-order valence-electron chi connectivity index (χ2n) is 4.88. The van der Waals surface area contributed by atoms with Gasteiger partial charge in [-0.3, -0.25) is 0 Å². The van der Waals surface area contributed by atoms with E-state index in [0.29, 0.717) is 28.4 Å². The first-order chi connectivity index (χ1) is 11.6. The van der Waals surface area contributed by atoms with Crippen LogP contribution in [-0.2, 0) is 0 Å². The van der Waals surface area contributed by atoms with E-state index in [9.17, 15) is 0 Å². The highest BCUT2D eigenvalue weighted by Crippen LogP contribution is 2.35. The van der Waals surface area contributed by atoms with Crippen LogP contribution in [0.3, 0.4) is 0 Å². The van der Waals surface area contributed by atoms with Crippen molar-refractivity contribution in [1.29, 1.82) is 5.26 Å². The zero-order chi connectivity index (χ0) is 17.1. The Morgan fingerprint density at radius 2 is 1.71 bits per heavy atom. The van der Waals surface area contributed by atoms with Gasteiger partial charge in [0.15, 0.2) is 11.5 Å². The first-order valence-corrected chi connectivity index (χ1v) is 7.39. The van der Waals surface area contributed by atoms with Crippen molar-refractivity contribution in [3.8, 4) is 17.6 Å². The molecule has 1 N–H and O–H groups in total. The third kappa shape index (κ3) is 3.03. The number of anilines is 2. The Bertz CT molecular complexity index is 936. The number of ether oxygens (including phenoxy) is 2. The number of benzene rings is 2. The van der Waals surface area contributed by atoms with Crippen molar-refractivity contribution in [3.05, 3.63) is 47.2 Å². The van der Waals surface area contributed by atoms with E-state index in [1.807, 2.05) is 0 Å². The molecule has 0 fully saturated rings. The molecule has 1 heterocycles. The van der Waals surface area contributed by atoms with E-state index in [1.165, 1.54) is 0 Å². The Balaban J connectivity index is 2.10. The van der Waals surface area contributed by atoms with E-state index >= 15 is 0 Å². The summed E-state index contributed by atoms with van der Waals surface area (Å²) in [4.78, 5) is 8.48. The molecule has 6 nitrogen and oxygen atoms in total. The smallest absolute Gasteiger partial charge is 0.224 e. The van der Waals surface area contributed by atoms with E-state index in [2.05, 4.69) is 21.4 Å². The number of hydrogen-bond acceptors (Lipinski definition) is 6. The molecule has 0 saturated heterocycles. The highest BCUT2D eigenvalue weighted by atomic mass is 35.5. The molecule has 7 heteroatoms. The summed E-state index contributed by atoms with van der Waals surface area (Å²) in [6, 6.07) is 12.6. The fourth-order valence-corrected chi connectivity index (χ4v) is 2.46. The van der Waals surface area contributed by atoms with Gasteiger partial charge >= 0.3 is 0 Å². The van der Waals surface area contributed by atoms with Gasteiger partial charge in [-0.2, -0.15) is 10.2 Å². The van der Waals surface area contributed by atoms with Crippen molar-refractivity contribution in [2.75, 3.05) is 19.5 Å². The molecular weight excluding hydrogens is 328 g/mol. The molecule has 24 heavy (non-hydrogen) atoms. The topological polar surface area (TPSA) is 80.1 Å². The molecule has 0 unspecified atom stereocenters. The highest BCUT2D eigenvalue weighted by Gasteiger charge is 2.13. The summed E-state index contributed by atoms with van der Waals surface area (Å²) >= 11 is 6.03. The summed E-state index contributed by atoms with van der Waals surface area (Å²) in [5.74, 6) is 1.67. The molecule has 0 aliphatic rings. The lowest BCUT2D eigenvalue weighted by molar-refractivity contribution is 0.356. The number of nitrogens with zero attached hydrogens (tertiary/aromatic N) is 3. The Labute approximate surface area is 143 Å². The number of aromatic nitrogens is 2. The third-order valence-corrected chi connectivity index (χ3v) is 3.62. The summed E-state index contributed by atoms with van der Waals surface area (Å²) in [6.07, 6.45) is 0. The average molecular weight is 341 g/mol. The van der Waals surface area contributed by atoms with E-state index in [4.69, 9.17) is 26.3 Å². The maximum atomic E-state index is 8.87. The van der Waals surface area contributed by atoms with E-state index in [-0.39, 0.29) is 5.28 Å². The van der Waals surface area contributed by atoms with Crippen LogP contribution in [0.2, 0.25) is 5.28 Å². The summed E-state index contributed by atoms with van der Waals surface area (Å²) in [5, 5.41) is 12.9. The van der Waals surface area contributed by atoms with E-state index < -0.39 is 0 Å². The first-order valence-electron chi connectivity index (χ1n) is 7.01. The largest absolute Gasteiger partial charge is 0.493 e. The fraction of sp³-hybridized carbons (Fsp3) is 0.118. The molecule has 3 rings (SSSR count). The molecule has 0 saturated carbocycles. The molecule has 0 atom stereocenters. The molecule has 1 aromatic heterocycles. The Kier molecular flexibility index (Phi) is 4.36. The molecule has 0 aliphatic carbocycles. The van der Waals surface area contributed by atoms with E-state index in [0.717, 1.165) is 11.1 Å². The molecule has 120 valence electrons. The Hall–Kier alpha value is -3.04. The van der Waals surface area contributed by atoms with Gasteiger partial charge in [-0.1, -0.05) is 0 Å². The average Bonchev–Trinajstić information content (AvgIpc) is 2.61.